The highest BCUT2D eigenvalue weighted by molar-refractivity contribution is 9.10. The molecule has 1 saturated heterocycles. The van der Waals surface area contributed by atoms with Crippen LogP contribution in [-0.4, -0.2) is 31.1 Å². The second kappa shape index (κ2) is 5.27. The van der Waals surface area contributed by atoms with Crippen LogP contribution in [0.1, 0.15) is 24.4 Å². The van der Waals surface area contributed by atoms with E-state index < -0.39 is 0 Å². The second-order valence-corrected chi connectivity index (χ2v) is 6.09. The lowest BCUT2D eigenvalue weighted by atomic mass is 9.99. The first-order valence-corrected chi connectivity index (χ1v) is 7.45. The first-order valence-electron chi connectivity index (χ1n) is 6.65. The first-order chi connectivity index (χ1) is 8.75. The fraction of sp³-hybridized carbons (Fsp3) is 0.571. The van der Waals surface area contributed by atoms with Crippen molar-refractivity contribution in [2.75, 3.05) is 26.2 Å². The van der Waals surface area contributed by atoms with Crippen molar-refractivity contribution in [2.45, 2.75) is 18.9 Å². The number of nitrogens with zero attached hydrogens (tertiary/aromatic N) is 1. The monoisotopic (exact) mass is 312 g/mol. The summed E-state index contributed by atoms with van der Waals surface area (Å²) < 4.78 is 14.5. The number of hydrogen-bond acceptors (Lipinski definition) is 2. The topological polar surface area (TPSA) is 15.3 Å². The van der Waals surface area contributed by atoms with E-state index in [-0.39, 0.29) is 5.82 Å². The Bertz CT molecular complexity index is 428. The normalized spacial score (nSPS) is 23.0. The fourth-order valence-corrected chi connectivity index (χ4v) is 3.34. The van der Waals surface area contributed by atoms with Crippen molar-refractivity contribution in [3.63, 3.8) is 0 Å². The van der Waals surface area contributed by atoms with Crippen LogP contribution < -0.4 is 5.32 Å². The lowest BCUT2D eigenvalue weighted by molar-refractivity contribution is 0.155. The van der Waals surface area contributed by atoms with Crippen molar-refractivity contribution in [1.82, 2.24) is 10.2 Å². The zero-order valence-corrected chi connectivity index (χ0v) is 11.9. The molecule has 1 saturated carbocycles. The quantitative estimate of drug-likeness (QED) is 0.923. The van der Waals surface area contributed by atoms with Gasteiger partial charge in [0.1, 0.15) is 5.82 Å². The molecular weight excluding hydrogens is 295 g/mol. The van der Waals surface area contributed by atoms with E-state index in [2.05, 4.69) is 26.1 Å². The van der Waals surface area contributed by atoms with Crippen LogP contribution in [0.5, 0.6) is 0 Å². The van der Waals surface area contributed by atoms with Crippen LogP contribution in [0.2, 0.25) is 0 Å². The maximum Gasteiger partial charge on any atom is 0.123 e. The zero-order chi connectivity index (χ0) is 12.5. The summed E-state index contributed by atoms with van der Waals surface area (Å²) in [5.41, 5.74) is 1.12. The van der Waals surface area contributed by atoms with Crippen LogP contribution in [-0.2, 0) is 0 Å². The van der Waals surface area contributed by atoms with Gasteiger partial charge in [-0.3, -0.25) is 4.90 Å². The number of piperazine rings is 1. The number of halogens is 2. The molecule has 1 aromatic rings. The molecule has 1 heterocycles. The Kier molecular flexibility index (Phi) is 3.68. The van der Waals surface area contributed by atoms with Gasteiger partial charge in [0.2, 0.25) is 0 Å². The molecule has 2 nitrogen and oxygen atoms in total. The minimum Gasteiger partial charge on any atom is -0.314 e. The maximum absolute atomic E-state index is 13.5. The van der Waals surface area contributed by atoms with Crippen molar-refractivity contribution in [3.05, 3.63) is 34.1 Å². The third-order valence-corrected chi connectivity index (χ3v) is 4.61. The summed E-state index contributed by atoms with van der Waals surface area (Å²) in [4.78, 5) is 2.51. The molecule has 0 amide bonds. The van der Waals surface area contributed by atoms with Crippen LogP contribution in [0.4, 0.5) is 4.39 Å². The van der Waals surface area contributed by atoms with Gasteiger partial charge in [-0.15, -0.1) is 0 Å². The third-order valence-electron chi connectivity index (χ3n) is 3.89. The second-order valence-electron chi connectivity index (χ2n) is 5.23. The van der Waals surface area contributed by atoms with Crippen molar-refractivity contribution in [2.24, 2.45) is 5.92 Å². The summed E-state index contributed by atoms with van der Waals surface area (Å²) in [6.45, 7) is 4.19. The van der Waals surface area contributed by atoms with E-state index in [0.29, 0.717) is 12.0 Å². The van der Waals surface area contributed by atoms with Gasteiger partial charge in [-0.2, -0.15) is 0 Å². The van der Waals surface area contributed by atoms with Crippen molar-refractivity contribution in [1.29, 1.82) is 0 Å². The zero-order valence-electron chi connectivity index (χ0n) is 10.3. The third kappa shape index (κ3) is 2.60. The number of benzene rings is 1. The molecule has 18 heavy (non-hydrogen) atoms. The first kappa shape index (κ1) is 12.6. The molecule has 0 aromatic heterocycles. The van der Waals surface area contributed by atoms with Gasteiger partial charge < -0.3 is 5.32 Å². The Balaban J connectivity index is 1.90. The van der Waals surface area contributed by atoms with E-state index in [4.69, 9.17) is 0 Å². The predicted octanol–water partition coefficient (Wildman–Crippen LogP) is 2.94. The van der Waals surface area contributed by atoms with E-state index in [0.717, 1.165) is 36.2 Å². The molecule has 0 bridgehead atoms. The van der Waals surface area contributed by atoms with Gasteiger partial charge in [-0.25, -0.2) is 4.39 Å². The van der Waals surface area contributed by atoms with E-state index in [1.165, 1.54) is 18.9 Å². The Labute approximate surface area is 116 Å². The molecular formula is C14H18BrFN2. The van der Waals surface area contributed by atoms with Crippen molar-refractivity contribution >= 4 is 15.9 Å². The van der Waals surface area contributed by atoms with Crippen LogP contribution in [0.15, 0.2) is 22.7 Å². The Hall–Kier alpha value is -0.450. The molecule has 2 aliphatic rings. The van der Waals surface area contributed by atoms with Crippen molar-refractivity contribution in [3.8, 4) is 0 Å². The molecule has 1 atom stereocenters. The van der Waals surface area contributed by atoms with Crippen LogP contribution >= 0.6 is 15.9 Å². The van der Waals surface area contributed by atoms with Gasteiger partial charge in [0.15, 0.2) is 0 Å². The number of nitrogens with one attached hydrogen (secondary N) is 1. The highest BCUT2D eigenvalue weighted by Gasteiger charge is 2.37. The number of rotatable bonds is 3. The molecule has 98 valence electrons. The van der Waals surface area contributed by atoms with Gasteiger partial charge in [-0.05, 0) is 42.5 Å². The van der Waals surface area contributed by atoms with Crippen LogP contribution in [0.25, 0.3) is 0 Å². The smallest absolute Gasteiger partial charge is 0.123 e. The summed E-state index contributed by atoms with van der Waals surface area (Å²) in [5.74, 6) is 0.579. The number of hydrogen-bond donors (Lipinski definition) is 1. The summed E-state index contributed by atoms with van der Waals surface area (Å²) in [7, 11) is 0. The molecule has 4 heteroatoms. The van der Waals surface area contributed by atoms with E-state index in [9.17, 15) is 4.39 Å². The van der Waals surface area contributed by atoms with Gasteiger partial charge in [0.05, 0.1) is 0 Å². The molecule has 3 rings (SSSR count). The molecule has 1 aliphatic heterocycles. The molecule has 0 unspecified atom stereocenters. The molecule has 0 spiro atoms. The van der Waals surface area contributed by atoms with Gasteiger partial charge in [0.25, 0.3) is 0 Å². The SMILES string of the molecule is Fc1ccc(Br)c([C@@H](C2CC2)N2CCNCC2)c1. The predicted molar refractivity (Wildman–Crippen MR) is 74.0 cm³/mol. The molecule has 0 radical (unpaired) electrons. The van der Waals surface area contributed by atoms with Crippen LogP contribution in [0.3, 0.4) is 0 Å². The Morgan fingerprint density at radius 2 is 2.00 bits per heavy atom. The lowest BCUT2D eigenvalue weighted by Crippen LogP contribution is -2.45. The average molecular weight is 313 g/mol. The highest BCUT2D eigenvalue weighted by Crippen LogP contribution is 2.46. The molecule has 1 aromatic carbocycles. The Morgan fingerprint density at radius 1 is 1.28 bits per heavy atom. The van der Waals surface area contributed by atoms with Gasteiger partial charge >= 0.3 is 0 Å². The summed E-state index contributed by atoms with van der Waals surface area (Å²) >= 11 is 3.58. The minimum absolute atomic E-state index is 0.131. The molecule has 1 aliphatic carbocycles. The fourth-order valence-electron chi connectivity index (χ4n) is 2.86. The standard InChI is InChI=1S/C14H18BrFN2/c15-13-4-3-11(16)9-12(13)14(10-1-2-10)18-7-5-17-6-8-18/h3-4,9-10,14,17H,1-2,5-8H2/t14-/m1/s1. The molecule has 2 fully saturated rings. The Morgan fingerprint density at radius 3 is 2.67 bits per heavy atom. The lowest BCUT2D eigenvalue weighted by Gasteiger charge is -2.36. The summed E-state index contributed by atoms with van der Waals surface area (Å²) in [6.07, 6.45) is 2.55. The van der Waals surface area contributed by atoms with E-state index >= 15 is 0 Å². The highest BCUT2D eigenvalue weighted by atomic mass is 79.9. The minimum atomic E-state index is -0.131. The van der Waals surface area contributed by atoms with Crippen LogP contribution in [0, 0.1) is 11.7 Å². The molecule has 1 N–H and O–H groups in total. The largest absolute Gasteiger partial charge is 0.314 e. The van der Waals surface area contributed by atoms with Crippen molar-refractivity contribution < 1.29 is 4.39 Å². The summed E-state index contributed by atoms with van der Waals surface area (Å²) in [5, 5.41) is 3.38. The average Bonchev–Trinajstić information content (AvgIpc) is 3.20. The van der Waals surface area contributed by atoms with Gasteiger partial charge in [-0.1, -0.05) is 15.9 Å². The maximum atomic E-state index is 13.5. The van der Waals surface area contributed by atoms with E-state index in [1.807, 2.05) is 6.07 Å². The van der Waals surface area contributed by atoms with E-state index in [1.54, 1.807) is 6.07 Å². The summed E-state index contributed by atoms with van der Waals surface area (Å²) in [6, 6.07) is 5.45. The van der Waals surface area contributed by atoms with Gasteiger partial charge in [0, 0.05) is 36.7 Å².